The van der Waals surface area contributed by atoms with Crippen LogP contribution in [0, 0.1) is 0 Å². The van der Waals surface area contributed by atoms with Crippen LogP contribution >= 0.6 is 46.4 Å². The number of carbonyl (C=O) groups is 1. The Morgan fingerprint density at radius 2 is 1.30 bits per heavy atom. The molecule has 0 bridgehead atoms. The molecule has 0 radical (unpaired) electrons. The van der Waals surface area contributed by atoms with Gasteiger partial charge in [-0.25, -0.2) is 0 Å². The summed E-state index contributed by atoms with van der Waals surface area (Å²) in [7, 11) is 0. The lowest BCUT2D eigenvalue weighted by Crippen LogP contribution is -2.19. The smallest absolute Gasteiger partial charge is 0.298 e. The Balaban J connectivity index is 2.58. The van der Waals surface area contributed by atoms with Crippen LogP contribution in [0.1, 0.15) is 25.0 Å². The van der Waals surface area contributed by atoms with Gasteiger partial charge in [0.2, 0.25) is 0 Å². The Hall–Kier alpha value is -1.13. The minimum Gasteiger partial charge on any atom is -0.505 e. The van der Waals surface area contributed by atoms with Gasteiger partial charge in [0.05, 0.1) is 20.1 Å². The summed E-state index contributed by atoms with van der Waals surface area (Å²) in [5.41, 5.74) is 0.971. The van der Waals surface area contributed by atoms with Crippen LogP contribution < -0.4 is 4.74 Å². The third-order valence-corrected chi connectivity index (χ3v) is 4.76. The van der Waals surface area contributed by atoms with Crippen molar-refractivity contribution >= 4 is 52.9 Å². The molecular weight excluding hydrogens is 382 g/mol. The van der Waals surface area contributed by atoms with Gasteiger partial charge in [0.1, 0.15) is 0 Å². The lowest BCUT2D eigenvalue weighted by atomic mass is 9.78. The van der Waals surface area contributed by atoms with Gasteiger partial charge < -0.3 is 9.84 Å². The van der Waals surface area contributed by atoms with Crippen LogP contribution in [0.15, 0.2) is 24.3 Å². The van der Waals surface area contributed by atoms with Crippen LogP contribution in [0.3, 0.4) is 0 Å². The van der Waals surface area contributed by atoms with Gasteiger partial charge in [0, 0.05) is 5.41 Å². The average molecular weight is 394 g/mol. The minimum absolute atomic E-state index is 0.102. The standard InChI is InChI=1S/C16H12Cl4O3/c1-16(2,8-3-10(17)14(22)11(18)4-8)9-5-12(19)15(23-7-21)13(20)6-9/h3-7,22H,1-2H3. The van der Waals surface area contributed by atoms with Crippen LogP contribution in [0.5, 0.6) is 11.5 Å². The molecule has 3 nitrogen and oxygen atoms in total. The van der Waals surface area contributed by atoms with Gasteiger partial charge in [-0.1, -0.05) is 60.3 Å². The third-order valence-electron chi connectivity index (χ3n) is 3.62. The summed E-state index contributed by atoms with van der Waals surface area (Å²) in [6.07, 6.45) is 0. The Morgan fingerprint density at radius 1 is 0.913 bits per heavy atom. The van der Waals surface area contributed by atoms with Crippen molar-refractivity contribution in [2.75, 3.05) is 0 Å². The fourth-order valence-corrected chi connectivity index (χ4v) is 3.24. The molecule has 0 spiro atoms. The molecule has 0 amide bonds. The largest absolute Gasteiger partial charge is 0.505 e. The Morgan fingerprint density at radius 3 is 1.70 bits per heavy atom. The zero-order chi connectivity index (χ0) is 17.4. The number of aromatic hydroxyl groups is 1. The maximum Gasteiger partial charge on any atom is 0.298 e. The second kappa shape index (κ2) is 6.78. The van der Waals surface area contributed by atoms with Crippen LogP contribution in [0.25, 0.3) is 0 Å². The van der Waals surface area contributed by atoms with Gasteiger partial charge in [-0.15, -0.1) is 0 Å². The van der Waals surface area contributed by atoms with Crippen molar-refractivity contribution in [3.63, 3.8) is 0 Å². The fraction of sp³-hybridized carbons (Fsp3) is 0.188. The average Bonchev–Trinajstić information content (AvgIpc) is 2.47. The Bertz CT molecular complexity index is 726. The number of hydrogen-bond donors (Lipinski definition) is 1. The van der Waals surface area contributed by atoms with Gasteiger partial charge in [-0.05, 0) is 35.4 Å². The molecule has 0 saturated heterocycles. The molecular formula is C16H12Cl4O3. The van der Waals surface area contributed by atoms with E-state index >= 15 is 0 Å². The number of ether oxygens (including phenoxy) is 1. The van der Waals surface area contributed by atoms with E-state index < -0.39 is 5.41 Å². The summed E-state index contributed by atoms with van der Waals surface area (Å²) in [6.45, 7) is 4.11. The molecule has 2 aromatic carbocycles. The van der Waals surface area contributed by atoms with E-state index in [4.69, 9.17) is 51.1 Å². The highest BCUT2D eigenvalue weighted by Gasteiger charge is 2.27. The van der Waals surface area contributed by atoms with E-state index in [-0.39, 0.29) is 38.1 Å². The molecule has 2 aromatic rings. The first-order chi connectivity index (χ1) is 10.7. The SMILES string of the molecule is CC(C)(c1cc(Cl)c(O)c(Cl)c1)c1cc(Cl)c(OC=O)c(Cl)c1. The quantitative estimate of drug-likeness (QED) is 0.661. The zero-order valence-corrected chi connectivity index (χ0v) is 15.2. The summed E-state index contributed by atoms with van der Waals surface area (Å²) in [5, 5.41) is 10.4. The van der Waals surface area contributed by atoms with Crippen LogP contribution in [-0.4, -0.2) is 11.6 Å². The lowest BCUT2D eigenvalue weighted by molar-refractivity contribution is -0.120. The molecule has 7 heteroatoms. The highest BCUT2D eigenvalue weighted by atomic mass is 35.5. The van der Waals surface area contributed by atoms with Crippen molar-refractivity contribution in [2.24, 2.45) is 0 Å². The molecule has 0 aliphatic rings. The van der Waals surface area contributed by atoms with Gasteiger partial charge in [-0.3, -0.25) is 4.79 Å². The van der Waals surface area contributed by atoms with E-state index in [0.29, 0.717) is 0 Å². The summed E-state index contributed by atoms with van der Waals surface area (Å²) < 4.78 is 4.78. The predicted octanol–water partition coefficient (Wildman–Crippen LogP) is 5.87. The van der Waals surface area contributed by atoms with E-state index in [1.165, 1.54) is 0 Å². The van der Waals surface area contributed by atoms with Crippen molar-refractivity contribution in [3.05, 3.63) is 55.5 Å². The number of rotatable bonds is 4. The molecule has 23 heavy (non-hydrogen) atoms. The lowest BCUT2D eigenvalue weighted by Gasteiger charge is -2.27. The fourth-order valence-electron chi connectivity index (χ4n) is 2.17. The number of carbonyl (C=O) groups excluding carboxylic acids is 1. The number of phenols is 1. The van der Waals surface area contributed by atoms with Gasteiger partial charge in [0.15, 0.2) is 11.5 Å². The number of hydrogen-bond acceptors (Lipinski definition) is 3. The molecule has 0 aliphatic carbocycles. The summed E-state index contributed by atoms with van der Waals surface area (Å²) in [5.74, 6) is -0.0664. The Labute approximate surface area is 153 Å². The zero-order valence-electron chi connectivity index (χ0n) is 12.2. The van der Waals surface area contributed by atoms with Crippen LogP contribution in [0.4, 0.5) is 0 Å². The second-order valence-electron chi connectivity index (χ2n) is 5.40. The Kier molecular flexibility index (Phi) is 5.37. The monoisotopic (exact) mass is 392 g/mol. The van der Waals surface area contributed by atoms with Gasteiger partial charge in [-0.2, -0.15) is 0 Å². The molecule has 0 aromatic heterocycles. The van der Waals surface area contributed by atoms with Gasteiger partial charge >= 0.3 is 0 Å². The van der Waals surface area contributed by atoms with Crippen molar-refractivity contribution in [3.8, 4) is 11.5 Å². The van der Waals surface area contributed by atoms with E-state index in [0.717, 1.165) is 11.1 Å². The van der Waals surface area contributed by atoms with E-state index in [9.17, 15) is 9.90 Å². The molecule has 0 fully saturated rings. The van der Waals surface area contributed by atoms with Crippen molar-refractivity contribution in [2.45, 2.75) is 19.3 Å². The van der Waals surface area contributed by atoms with Crippen molar-refractivity contribution < 1.29 is 14.6 Å². The van der Waals surface area contributed by atoms with E-state index in [1.54, 1.807) is 24.3 Å². The maximum absolute atomic E-state index is 10.5. The maximum atomic E-state index is 10.5. The molecule has 0 aliphatic heterocycles. The first-order valence-electron chi connectivity index (χ1n) is 6.46. The van der Waals surface area contributed by atoms with E-state index in [1.807, 2.05) is 13.8 Å². The van der Waals surface area contributed by atoms with Crippen molar-refractivity contribution in [1.82, 2.24) is 0 Å². The van der Waals surface area contributed by atoms with Crippen molar-refractivity contribution in [1.29, 1.82) is 0 Å². The summed E-state index contributed by atoms with van der Waals surface area (Å²) in [6, 6.07) is 6.56. The molecule has 0 unspecified atom stereocenters. The molecule has 0 atom stereocenters. The van der Waals surface area contributed by atoms with Gasteiger partial charge in [0.25, 0.3) is 6.47 Å². The number of halogens is 4. The molecule has 2 rings (SSSR count). The highest BCUT2D eigenvalue weighted by Crippen LogP contribution is 2.43. The third kappa shape index (κ3) is 3.53. The molecule has 122 valence electrons. The summed E-state index contributed by atoms with van der Waals surface area (Å²) >= 11 is 24.3. The van der Waals surface area contributed by atoms with Crippen LogP contribution in [0.2, 0.25) is 20.1 Å². The minimum atomic E-state index is -0.562. The second-order valence-corrected chi connectivity index (χ2v) is 7.03. The number of benzene rings is 2. The molecule has 0 heterocycles. The summed E-state index contributed by atoms with van der Waals surface area (Å²) in [4.78, 5) is 10.5. The predicted molar refractivity (Wildman–Crippen MR) is 93.4 cm³/mol. The first-order valence-corrected chi connectivity index (χ1v) is 7.98. The number of phenolic OH excluding ortho intramolecular Hbond substituents is 1. The normalized spacial score (nSPS) is 11.4. The topological polar surface area (TPSA) is 46.5 Å². The first kappa shape index (κ1) is 18.2. The molecule has 0 saturated carbocycles. The molecule has 1 N–H and O–H groups in total. The van der Waals surface area contributed by atoms with Crippen LogP contribution in [-0.2, 0) is 10.2 Å². The highest BCUT2D eigenvalue weighted by molar-refractivity contribution is 6.38. The van der Waals surface area contributed by atoms with E-state index in [2.05, 4.69) is 0 Å².